The monoisotopic (exact) mass is 377 g/mol. The second-order valence-electron chi connectivity index (χ2n) is 6.59. The van der Waals surface area contributed by atoms with Gasteiger partial charge < -0.3 is 9.64 Å². The van der Waals surface area contributed by atoms with Gasteiger partial charge in [0.25, 0.3) is 17.6 Å². The Kier molecular flexibility index (Phi) is 5.31. The van der Waals surface area contributed by atoms with Crippen molar-refractivity contribution in [3.05, 3.63) is 50.1 Å². The maximum Gasteiger partial charge on any atom is 0.281 e. The fourth-order valence-corrected chi connectivity index (χ4v) is 3.40. The molecule has 0 aromatic heterocycles. The number of nitrogens with zero attached hydrogens (tertiary/aromatic N) is 5. The number of amides is 1. The van der Waals surface area contributed by atoms with Crippen molar-refractivity contribution >= 4 is 17.6 Å². The zero-order valence-electron chi connectivity index (χ0n) is 14.7. The Hall–Kier alpha value is -3.08. The van der Waals surface area contributed by atoms with E-state index in [1.807, 2.05) is 6.92 Å². The summed E-state index contributed by atoms with van der Waals surface area (Å²) < 4.78 is 5.53. The quantitative estimate of drug-likeness (QED) is 0.558. The van der Waals surface area contributed by atoms with Crippen LogP contribution in [0.15, 0.2) is 29.4 Å². The van der Waals surface area contributed by atoms with E-state index >= 15 is 0 Å². The van der Waals surface area contributed by atoms with Crippen LogP contribution in [-0.2, 0) is 4.74 Å². The van der Waals surface area contributed by atoms with Crippen LogP contribution in [0.1, 0.15) is 23.7 Å². The van der Waals surface area contributed by atoms with Crippen molar-refractivity contribution in [2.24, 2.45) is 11.0 Å². The van der Waals surface area contributed by atoms with Gasteiger partial charge in [-0.15, -0.1) is 0 Å². The lowest BCUT2D eigenvalue weighted by molar-refractivity contribution is -0.486. The van der Waals surface area contributed by atoms with Crippen molar-refractivity contribution < 1.29 is 19.5 Å². The van der Waals surface area contributed by atoms with Gasteiger partial charge >= 0.3 is 0 Å². The predicted octanol–water partition coefficient (Wildman–Crippen LogP) is 1.33. The Morgan fingerprint density at radius 2 is 2.11 bits per heavy atom. The summed E-state index contributed by atoms with van der Waals surface area (Å²) >= 11 is 0. The van der Waals surface area contributed by atoms with Crippen LogP contribution in [0.3, 0.4) is 0 Å². The molecule has 11 nitrogen and oxygen atoms in total. The fourth-order valence-electron chi connectivity index (χ4n) is 3.40. The number of non-ortho nitro benzene ring substituents is 1. The molecule has 144 valence electrons. The van der Waals surface area contributed by atoms with Crippen LogP contribution in [0.2, 0.25) is 0 Å². The number of rotatable bonds is 5. The third-order valence-electron chi connectivity index (χ3n) is 4.60. The van der Waals surface area contributed by atoms with Crippen molar-refractivity contribution in [1.29, 1.82) is 0 Å². The number of hydrogen-bond acceptors (Lipinski definition) is 6. The van der Waals surface area contributed by atoms with Crippen molar-refractivity contribution in [3.63, 3.8) is 0 Å². The molecule has 1 amide bonds. The number of guanidine groups is 1. The summed E-state index contributed by atoms with van der Waals surface area (Å²) in [5.41, 5.74) is -0.137. The van der Waals surface area contributed by atoms with Crippen molar-refractivity contribution in [2.45, 2.75) is 19.4 Å². The molecule has 1 aromatic rings. The zero-order chi connectivity index (χ0) is 19.6. The first-order valence-corrected chi connectivity index (χ1v) is 8.51. The number of nitro benzene ring substituents is 1. The molecule has 2 atom stereocenters. The van der Waals surface area contributed by atoms with Gasteiger partial charge in [0.05, 0.1) is 17.6 Å². The third kappa shape index (κ3) is 4.19. The van der Waals surface area contributed by atoms with Gasteiger partial charge in [0.1, 0.15) is 5.10 Å². The first-order valence-electron chi connectivity index (χ1n) is 8.51. The van der Waals surface area contributed by atoms with E-state index in [0.717, 1.165) is 12.5 Å². The zero-order valence-corrected chi connectivity index (χ0v) is 14.7. The summed E-state index contributed by atoms with van der Waals surface area (Å²) in [6.07, 6.45) is 0.970. The highest BCUT2D eigenvalue weighted by atomic mass is 16.7. The van der Waals surface area contributed by atoms with Crippen LogP contribution in [0.5, 0.6) is 0 Å². The molecule has 0 spiro atoms. The number of carbonyl (C=O) groups is 1. The molecule has 0 N–H and O–H groups in total. The first-order chi connectivity index (χ1) is 12.8. The summed E-state index contributed by atoms with van der Waals surface area (Å²) in [5.74, 6) is -0.404. The van der Waals surface area contributed by atoms with Crippen LogP contribution >= 0.6 is 0 Å². The Morgan fingerprint density at radius 1 is 1.33 bits per heavy atom. The molecule has 3 rings (SSSR count). The molecule has 0 bridgehead atoms. The van der Waals surface area contributed by atoms with Crippen LogP contribution in [0.4, 0.5) is 5.69 Å². The van der Waals surface area contributed by atoms with E-state index in [1.165, 1.54) is 23.1 Å². The van der Waals surface area contributed by atoms with Crippen LogP contribution in [-0.4, -0.2) is 64.0 Å². The van der Waals surface area contributed by atoms with Gasteiger partial charge in [0, 0.05) is 43.2 Å². The van der Waals surface area contributed by atoms with E-state index in [0.29, 0.717) is 19.7 Å². The van der Waals surface area contributed by atoms with Crippen molar-refractivity contribution in [2.75, 3.05) is 26.2 Å². The fraction of sp³-hybridized carbons (Fsp3) is 0.500. The smallest absolute Gasteiger partial charge is 0.281 e. The Labute approximate surface area is 154 Å². The second kappa shape index (κ2) is 7.66. The van der Waals surface area contributed by atoms with Crippen LogP contribution < -0.4 is 0 Å². The van der Waals surface area contributed by atoms with E-state index in [1.54, 1.807) is 4.90 Å². The van der Waals surface area contributed by atoms with Crippen molar-refractivity contribution in [1.82, 2.24) is 9.80 Å². The Balaban J connectivity index is 1.81. The lowest BCUT2D eigenvalue weighted by Gasteiger charge is -2.22. The molecule has 11 heteroatoms. The minimum atomic E-state index is -0.838. The standard InChI is InChI=1S/C16H19N5O6/c1-11-7-12(10-27-11)9-18-5-6-19(16(18)17-21(25)26)15(22)13-3-2-4-14(8-13)20(23)24/h2-4,8,11-12H,5-7,9-10H2,1H3. The van der Waals surface area contributed by atoms with Crippen LogP contribution in [0.25, 0.3) is 0 Å². The Bertz CT molecular complexity index is 797. The molecule has 2 saturated heterocycles. The number of ether oxygens (including phenoxy) is 1. The first kappa shape index (κ1) is 18.7. The van der Waals surface area contributed by atoms with E-state index in [4.69, 9.17) is 4.74 Å². The third-order valence-corrected chi connectivity index (χ3v) is 4.60. The lowest BCUT2D eigenvalue weighted by atomic mass is 10.1. The highest BCUT2D eigenvalue weighted by Crippen LogP contribution is 2.23. The number of hydrazone groups is 1. The summed E-state index contributed by atoms with van der Waals surface area (Å²) in [6, 6.07) is 5.27. The van der Waals surface area contributed by atoms with Gasteiger partial charge in [-0.3, -0.25) is 19.8 Å². The summed E-state index contributed by atoms with van der Waals surface area (Å²) in [5, 5.41) is 24.5. The molecule has 0 saturated carbocycles. The lowest BCUT2D eigenvalue weighted by Crippen LogP contribution is -2.40. The molecule has 0 aliphatic carbocycles. The highest BCUT2D eigenvalue weighted by molar-refractivity contribution is 6.06. The maximum absolute atomic E-state index is 12.8. The molecule has 2 heterocycles. The topological polar surface area (TPSA) is 131 Å². The minimum Gasteiger partial charge on any atom is -0.378 e. The molecule has 2 aliphatic rings. The number of hydrogen-bond donors (Lipinski definition) is 0. The molecule has 27 heavy (non-hydrogen) atoms. The van der Waals surface area contributed by atoms with Gasteiger partial charge in [0.2, 0.25) is 0 Å². The normalized spacial score (nSPS) is 23.8. The van der Waals surface area contributed by atoms with E-state index in [9.17, 15) is 25.0 Å². The number of carbonyl (C=O) groups excluding carboxylic acids is 1. The molecule has 0 radical (unpaired) electrons. The van der Waals surface area contributed by atoms with Crippen molar-refractivity contribution in [3.8, 4) is 0 Å². The molecule has 2 fully saturated rings. The molecule has 2 aliphatic heterocycles. The maximum atomic E-state index is 12.8. The summed E-state index contributed by atoms with van der Waals surface area (Å²) in [7, 11) is 0. The predicted molar refractivity (Wildman–Crippen MR) is 93.7 cm³/mol. The SMILES string of the molecule is CC1CC(CN2CCN(C(=O)c3cccc([N+](=O)[O-])c3)C2=N[N+](=O)[O-])CO1. The molecule has 1 aromatic carbocycles. The van der Waals surface area contributed by atoms with Crippen LogP contribution in [0, 0.1) is 26.1 Å². The molecular weight excluding hydrogens is 358 g/mol. The average Bonchev–Trinajstić information content (AvgIpc) is 3.21. The van der Waals surface area contributed by atoms with Gasteiger partial charge in [-0.05, 0) is 19.4 Å². The number of nitro groups is 2. The van der Waals surface area contributed by atoms with Gasteiger partial charge in [-0.25, -0.2) is 10.1 Å². The Morgan fingerprint density at radius 3 is 2.74 bits per heavy atom. The van der Waals surface area contributed by atoms with Gasteiger partial charge in [-0.1, -0.05) is 6.07 Å². The largest absolute Gasteiger partial charge is 0.378 e. The van der Waals surface area contributed by atoms with Gasteiger partial charge in [-0.2, -0.15) is 0 Å². The van der Waals surface area contributed by atoms with E-state index in [-0.39, 0.29) is 35.8 Å². The molecular formula is C16H19N5O6. The van der Waals surface area contributed by atoms with E-state index < -0.39 is 15.9 Å². The summed E-state index contributed by atoms with van der Waals surface area (Å²) in [6.45, 7) is 3.64. The number of benzene rings is 1. The highest BCUT2D eigenvalue weighted by Gasteiger charge is 2.37. The second-order valence-corrected chi connectivity index (χ2v) is 6.59. The van der Waals surface area contributed by atoms with Gasteiger partial charge in [0.15, 0.2) is 5.03 Å². The van der Waals surface area contributed by atoms with E-state index in [2.05, 4.69) is 5.10 Å². The average molecular weight is 377 g/mol. The molecule has 2 unspecified atom stereocenters. The minimum absolute atomic E-state index is 0.0453. The summed E-state index contributed by atoms with van der Waals surface area (Å²) in [4.78, 5) is 37.0.